The van der Waals surface area contributed by atoms with Crippen molar-refractivity contribution in [3.05, 3.63) is 71.8 Å². The molecule has 0 nitrogen and oxygen atoms in total. The summed E-state index contributed by atoms with van der Waals surface area (Å²) in [5, 5.41) is 0. The Morgan fingerprint density at radius 1 is 0.567 bits per heavy atom. The van der Waals surface area contributed by atoms with E-state index in [1.807, 2.05) is 24.3 Å². The first-order valence-electron chi connectivity index (χ1n) is 11.9. The minimum absolute atomic E-state index is 1.20. The molecule has 30 heavy (non-hydrogen) atoms. The van der Waals surface area contributed by atoms with Gasteiger partial charge in [0.15, 0.2) is 0 Å². The maximum atomic E-state index is 3.71. The number of hydrogen-bond acceptors (Lipinski definition) is 1. The molecule has 0 aromatic heterocycles. The third kappa shape index (κ3) is 19.1. The summed E-state index contributed by atoms with van der Waals surface area (Å²) in [7, 11) is 3.71. The Labute approximate surface area is 199 Å². The number of benzene rings is 2. The molecule has 172 valence electrons. The molecule has 0 bridgehead atoms. The van der Waals surface area contributed by atoms with E-state index in [2.05, 4.69) is 74.8 Å². The van der Waals surface area contributed by atoms with Crippen LogP contribution in [0, 0.1) is 12.1 Å². The molecule has 0 aliphatic heterocycles. The van der Waals surface area contributed by atoms with Gasteiger partial charge in [-0.05, 0) is 0 Å². The summed E-state index contributed by atoms with van der Waals surface area (Å²) in [6.07, 6.45) is 18.9. The molecular weight excluding hydrogens is 427 g/mol. The van der Waals surface area contributed by atoms with Crippen LogP contribution >= 0.6 is 10.7 Å². The van der Waals surface area contributed by atoms with Gasteiger partial charge in [0.25, 0.3) is 0 Å². The predicted octanol–water partition coefficient (Wildman–Crippen LogP) is 9.43. The van der Waals surface area contributed by atoms with E-state index in [4.69, 9.17) is 0 Å². The van der Waals surface area contributed by atoms with Crippen molar-refractivity contribution in [1.29, 1.82) is 0 Å². The van der Waals surface area contributed by atoms with Gasteiger partial charge >= 0.3 is 24.5 Å². The van der Waals surface area contributed by atoms with Crippen molar-refractivity contribution in [3.63, 3.8) is 0 Å². The second-order valence-electron chi connectivity index (χ2n) is 7.81. The molecule has 0 amide bonds. The van der Waals surface area contributed by atoms with Crippen LogP contribution < -0.4 is 0 Å². The Morgan fingerprint density at radius 3 is 1.27 bits per heavy atom. The first kappa shape index (κ1) is 29.2. The van der Waals surface area contributed by atoms with Crippen molar-refractivity contribution >= 4 is 10.7 Å². The van der Waals surface area contributed by atoms with Crippen LogP contribution in [-0.4, -0.2) is 0 Å². The van der Waals surface area contributed by atoms with E-state index < -0.39 is 0 Å². The monoisotopic (exact) mass is 468 g/mol. The zero-order valence-corrected chi connectivity index (χ0v) is 21.0. The summed E-state index contributed by atoms with van der Waals surface area (Å²) in [6, 6.07) is 23.2. The maximum absolute atomic E-state index is 3.71. The molecule has 2 rings (SSSR count). The molecule has 0 aliphatic carbocycles. The van der Waals surface area contributed by atoms with E-state index in [-0.39, 0.29) is 0 Å². The van der Waals surface area contributed by atoms with Gasteiger partial charge in [0, 0.05) is 0 Å². The molecular formula is C28H42NiS-2. The van der Waals surface area contributed by atoms with Crippen LogP contribution in [0.1, 0.15) is 102 Å². The predicted molar refractivity (Wildman–Crippen MR) is 132 cm³/mol. The van der Waals surface area contributed by atoms with Crippen molar-refractivity contribution in [2.24, 2.45) is 0 Å². The molecule has 2 aromatic carbocycles. The summed E-state index contributed by atoms with van der Waals surface area (Å²) < 4.78 is 0. The summed E-state index contributed by atoms with van der Waals surface area (Å²) in [6.45, 7) is 4.53. The van der Waals surface area contributed by atoms with Crippen LogP contribution in [-0.2, 0) is 26.7 Å². The topological polar surface area (TPSA) is 0 Å². The van der Waals surface area contributed by atoms with E-state index in [1.165, 1.54) is 101 Å². The molecule has 2 aromatic rings. The Morgan fingerprint density at radius 2 is 0.933 bits per heavy atom. The fourth-order valence-electron chi connectivity index (χ4n) is 3.36. The van der Waals surface area contributed by atoms with Gasteiger partial charge in [0.05, 0.1) is 0 Å². The van der Waals surface area contributed by atoms with Gasteiger partial charge in [-0.2, -0.15) is 71.8 Å². The van der Waals surface area contributed by atoms with Gasteiger partial charge < -0.3 is 0 Å². The Bertz CT molecular complexity index is 504. The Kier molecular flexibility index (Phi) is 23.7. The summed E-state index contributed by atoms with van der Waals surface area (Å²) in [5.41, 5.74) is 2.73. The van der Waals surface area contributed by atoms with E-state index in [9.17, 15) is 0 Å². The molecule has 0 unspecified atom stereocenters. The van der Waals surface area contributed by atoms with E-state index in [0.29, 0.717) is 0 Å². The zero-order chi connectivity index (χ0) is 22.1. The molecule has 0 spiro atoms. The van der Waals surface area contributed by atoms with Crippen LogP contribution in [0.15, 0.2) is 48.5 Å². The fourth-order valence-corrected chi connectivity index (χ4v) is 3.36. The van der Waals surface area contributed by atoms with Crippen LogP contribution in [0.2, 0.25) is 0 Å². The molecule has 0 fully saturated rings. The van der Waals surface area contributed by atoms with Gasteiger partial charge in [-0.25, -0.2) is 0 Å². The van der Waals surface area contributed by atoms with Crippen molar-refractivity contribution < 1.29 is 13.9 Å². The van der Waals surface area contributed by atoms with Gasteiger partial charge in [-0.15, -0.1) is 0 Å². The third-order valence-electron chi connectivity index (χ3n) is 5.15. The normalized spacial score (nSPS) is 9.87. The minimum atomic E-state index is 1.20. The van der Waals surface area contributed by atoms with Gasteiger partial charge in [-0.1, -0.05) is 104 Å². The zero-order valence-electron chi connectivity index (χ0n) is 19.2. The fraction of sp³-hybridized carbons (Fsp3) is 0.571. The summed E-state index contributed by atoms with van der Waals surface area (Å²) in [5.74, 6) is 0. The van der Waals surface area contributed by atoms with Gasteiger partial charge in [-0.3, -0.25) is 0 Å². The van der Waals surface area contributed by atoms with Gasteiger partial charge in [0.2, 0.25) is 0 Å². The van der Waals surface area contributed by atoms with E-state index in [1.54, 1.807) is 0 Å². The number of aryl methyl sites for hydroxylation is 2. The molecule has 2 heteroatoms. The first-order chi connectivity index (χ1) is 14.9. The quantitative estimate of drug-likeness (QED) is 0.151. The van der Waals surface area contributed by atoms with E-state index in [0.717, 1.165) is 0 Å². The molecule has 0 saturated carbocycles. The molecule has 0 atom stereocenters. The summed E-state index contributed by atoms with van der Waals surface area (Å²) >= 11 is 3.46. The van der Waals surface area contributed by atoms with Gasteiger partial charge in [0.1, 0.15) is 0 Å². The SMILES string of the molecule is CCCCCCCCc1[c-]cccc1.CCCCCCCCc1[c-]cccc1.[S]=[Ni]. The van der Waals surface area contributed by atoms with Crippen molar-refractivity contribution in [1.82, 2.24) is 0 Å². The third-order valence-corrected chi connectivity index (χ3v) is 5.15. The standard InChI is InChI=1S/2C14H21.Ni.S/c2*1-2-3-4-5-6-8-11-14-12-9-7-10-13-14;;/h2*7,9-10,12H,2-6,8,11H2,1H3;;/q2*-1;;. The molecule has 0 aliphatic rings. The molecule has 0 heterocycles. The average Bonchev–Trinajstić information content (AvgIpc) is 2.82. The van der Waals surface area contributed by atoms with Crippen LogP contribution in [0.25, 0.3) is 0 Å². The molecule has 0 saturated heterocycles. The Hall–Kier alpha value is -0.846. The summed E-state index contributed by atoms with van der Waals surface area (Å²) in [4.78, 5) is 0. The van der Waals surface area contributed by atoms with Crippen LogP contribution in [0.4, 0.5) is 0 Å². The van der Waals surface area contributed by atoms with Crippen molar-refractivity contribution in [2.75, 3.05) is 0 Å². The number of unbranched alkanes of at least 4 members (excludes halogenated alkanes) is 10. The van der Waals surface area contributed by atoms with E-state index >= 15 is 0 Å². The Balaban J connectivity index is 0.000000518. The van der Waals surface area contributed by atoms with Crippen LogP contribution in [0.5, 0.6) is 0 Å². The van der Waals surface area contributed by atoms with Crippen LogP contribution in [0.3, 0.4) is 0 Å². The molecule has 0 N–H and O–H groups in total. The van der Waals surface area contributed by atoms with Crippen molar-refractivity contribution in [2.45, 2.75) is 104 Å². The number of rotatable bonds is 14. The number of hydrogen-bond donors (Lipinski definition) is 0. The second kappa shape index (κ2) is 24.4. The second-order valence-corrected chi connectivity index (χ2v) is 7.81. The average molecular weight is 469 g/mol. The van der Waals surface area contributed by atoms with Crippen molar-refractivity contribution in [3.8, 4) is 0 Å². The first-order valence-corrected chi connectivity index (χ1v) is 13.4. The molecule has 0 radical (unpaired) electrons.